The van der Waals surface area contributed by atoms with E-state index in [0.29, 0.717) is 17.6 Å². The first-order valence-electron chi connectivity index (χ1n) is 3.97. The van der Waals surface area contributed by atoms with E-state index in [-0.39, 0.29) is 5.92 Å². The molecular formula is C9H18O. The molecule has 60 valence electrons. The Labute approximate surface area is 63.8 Å². The zero-order valence-electron chi connectivity index (χ0n) is 7.64. The molecule has 0 saturated heterocycles. The Kier molecular flexibility index (Phi) is 3.62. The van der Waals surface area contributed by atoms with Crippen molar-refractivity contribution < 1.29 is 4.79 Å². The second-order valence-corrected chi connectivity index (χ2v) is 3.62. The third-order valence-corrected chi connectivity index (χ3v) is 1.91. The van der Waals surface area contributed by atoms with Gasteiger partial charge in [-0.3, -0.25) is 4.79 Å². The first-order chi connectivity index (χ1) is 4.46. The molecule has 0 aliphatic carbocycles. The monoisotopic (exact) mass is 142 g/mol. The maximum atomic E-state index is 11.0. The lowest BCUT2D eigenvalue weighted by Crippen LogP contribution is -2.22. The van der Waals surface area contributed by atoms with Crippen LogP contribution in [0, 0.1) is 17.8 Å². The Bertz CT molecular complexity index is 106. The first kappa shape index (κ1) is 9.67. The van der Waals surface area contributed by atoms with E-state index in [1.54, 1.807) is 6.92 Å². The predicted octanol–water partition coefficient (Wildman–Crippen LogP) is 2.50. The lowest BCUT2D eigenvalue weighted by molar-refractivity contribution is -0.123. The largest absolute Gasteiger partial charge is 0.300 e. The Morgan fingerprint density at radius 2 is 1.30 bits per heavy atom. The normalized spacial score (nSPS) is 11.6. The van der Waals surface area contributed by atoms with Gasteiger partial charge in [0.25, 0.3) is 0 Å². The minimum absolute atomic E-state index is 0.250. The van der Waals surface area contributed by atoms with Crippen LogP contribution in [0.2, 0.25) is 0 Å². The summed E-state index contributed by atoms with van der Waals surface area (Å²) in [7, 11) is 0. The average Bonchev–Trinajstić information content (AvgIpc) is 1.59. The lowest BCUT2D eigenvalue weighted by atomic mass is 9.83. The molecule has 0 saturated carbocycles. The van der Waals surface area contributed by atoms with E-state index in [1.807, 2.05) is 0 Å². The molecule has 0 heterocycles. The van der Waals surface area contributed by atoms with E-state index < -0.39 is 0 Å². The standard InChI is InChI=1S/C9H18O/c1-6(2)9(7(3)4)8(5)10/h6-7,9H,1-5H3. The van der Waals surface area contributed by atoms with Gasteiger partial charge in [0, 0.05) is 5.92 Å². The number of hydrogen-bond acceptors (Lipinski definition) is 1. The highest BCUT2D eigenvalue weighted by atomic mass is 16.1. The molecule has 0 atom stereocenters. The summed E-state index contributed by atoms with van der Waals surface area (Å²) >= 11 is 0. The molecule has 0 aromatic heterocycles. The van der Waals surface area contributed by atoms with Gasteiger partial charge in [0.15, 0.2) is 0 Å². The highest BCUT2D eigenvalue weighted by Gasteiger charge is 2.21. The van der Waals surface area contributed by atoms with Crippen LogP contribution in [0.3, 0.4) is 0 Å². The summed E-state index contributed by atoms with van der Waals surface area (Å²) in [5.74, 6) is 1.54. The number of carbonyl (C=O) groups excluding carboxylic acids is 1. The van der Waals surface area contributed by atoms with Crippen molar-refractivity contribution in [2.75, 3.05) is 0 Å². The third-order valence-electron chi connectivity index (χ3n) is 1.91. The van der Waals surface area contributed by atoms with Crippen LogP contribution < -0.4 is 0 Å². The highest BCUT2D eigenvalue weighted by Crippen LogP contribution is 2.20. The van der Waals surface area contributed by atoms with Gasteiger partial charge in [0.05, 0.1) is 0 Å². The first-order valence-corrected chi connectivity index (χ1v) is 3.97. The number of hydrogen-bond donors (Lipinski definition) is 0. The van der Waals surface area contributed by atoms with Gasteiger partial charge in [-0.05, 0) is 18.8 Å². The molecule has 0 aromatic carbocycles. The van der Waals surface area contributed by atoms with Crippen molar-refractivity contribution in [3.05, 3.63) is 0 Å². The fourth-order valence-electron chi connectivity index (χ4n) is 1.71. The van der Waals surface area contributed by atoms with Gasteiger partial charge in [-0.25, -0.2) is 0 Å². The minimum atomic E-state index is 0.250. The molecule has 0 radical (unpaired) electrons. The molecule has 0 aliphatic rings. The van der Waals surface area contributed by atoms with E-state index in [2.05, 4.69) is 27.7 Å². The fraction of sp³-hybridized carbons (Fsp3) is 0.889. The number of ketones is 1. The maximum absolute atomic E-state index is 11.0. The van der Waals surface area contributed by atoms with Crippen molar-refractivity contribution in [1.82, 2.24) is 0 Å². The van der Waals surface area contributed by atoms with E-state index in [1.165, 1.54) is 0 Å². The molecule has 0 N–H and O–H groups in total. The summed E-state index contributed by atoms with van der Waals surface area (Å²) in [5.41, 5.74) is 0. The zero-order chi connectivity index (χ0) is 8.31. The van der Waals surface area contributed by atoms with Gasteiger partial charge in [-0.2, -0.15) is 0 Å². The highest BCUT2D eigenvalue weighted by molar-refractivity contribution is 5.78. The third kappa shape index (κ3) is 2.51. The quantitative estimate of drug-likeness (QED) is 0.591. The summed E-state index contributed by atoms with van der Waals surface area (Å²) in [6.45, 7) is 10.1. The van der Waals surface area contributed by atoms with Crippen molar-refractivity contribution in [2.45, 2.75) is 34.6 Å². The fourth-order valence-corrected chi connectivity index (χ4v) is 1.71. The number of rotatable bonds is 3. The van der Waals surface area contributed by atoms with E-state index in [9.17, 15) is 4.79 Å². The second-order valence-electron chi connectivity index (χ2n) is 3.62. The summed E-state index contributed by atoms with van der Waals surface area (Å²) in [5, 5.41) is 0. The molecule has 1 heteroatoms. The summed E-state index contributed by atoms with van der Waals surface area (Å²) in [6.07, 6.45) is 0. The number of Topliss-reactive ketones (excluding diaryl/α,β-unsaturated/α-hetero) is 1. The maximum Gasteiger partial charge on any atom is 0.133 e. The van der Waals surface area contributed by atoms with Gasteiger partial charge in [0.2, 0.25) is 0 Å². The van der Waals surface area contributed by atoms with E-state index >= 15 is 0 Å². The minimum Gasteiger partial charge on any atom is -0.300 e. The summed E-state index contributed by atoms with van der Waals surface area (Å²) < 4.78 is 0. The summed E-state index contributed by atoms with van der Waals surface area (Å²) in [4.78, 5) is 11.0. The Balaban J connectivity index is 4.12. The molecule has 0 fully saturated rings. The van der Waals surface area contributed by atoms with Crippen LogP contribution in [-0.4, -0.2) is 5.78 Å². The predicted molar refractivity (Wildman–Crippen MR) is 43.8 cm³/mol. The SMILES string of the molecule is CC(=O)C(C(C)C)C(C)C. The molecule has 10 heavy (non-hydrogen) atoms. The molecule has 0 spiro atoms. The molecule has 0 unspecified atom stereocenters. The Morgan fingerprint density at radius 1 is 1.00 bits per heavy atom. The van der Waals surface area contributed by atoms with E-state index in [0.717, 1.165) is 0 Å². The molecule has 0 aromatic rings. The topological polar surface area (TPSA) is 17.1 Å². The van der Waals surface area contributed by atoms with Crippen molar-refractivity contribution >= 4 is 5.78 Å². The van der Waals surface area contributed by atoms with Crippen LogP contribution in [-0.2, 0) is 4.79 Å². The van der Waals surface area contributed by atoms with Crippen LogP contribution in [0.5, 0.6) is 0 Å². The van der Waals surface area contributed by atoms with Gasteiger partial charge in [0.1, 0.15) is 5.78 Å². The van der Waals surface area contributed by atoms with E-state index in [4.69, 9.17) is 0 Å². The van der Waals surface area contributed by atoms with Crippen LogP contribution in [0.4, 0.5) is 0 Å². The van der Waals surface area contributed by atoms with Crippen molar-refractivity contribution in [3.63, 3.8) is 0 Å². The molecule has 0 aliphatic heterocycles. The lowest BCUT2D eigenvalue weighted by Gasteiger charge is -2.21. The van der Waals surface area contributed by atoms with Gasteiger partial charge >= 0.3 is 0 Å². The molecule has 0 amide bonds. The molecular weight excluding hydrogens is 124 g/mol. The Morgan fingerprint density at radius 3 is 1.30 bits per heavy atom. The average molecular weight is 142 g/mol. The zero-order valence-corrected chi connectivity index (χ0v) is 7.64. The van der Waals surface area contributed by atoms with Gasteiger partial charge in [-0.15, -0.1) is 0 Å². The smallest absolute Gasteiger partial charge is 0.133 e. The van der Waals surface area contributed by atoms with Crippen molar-refractivity contribution in [1.29, 1.82) is 0 Å². The second kappa shape index (κ2) is 3.75. The van der Waals surface area contributed by atoms with Crippen LogP contribution in [0.1, 0.15) is 34.6 Å². The van der Waals surface area contributed by atoms with Crippen molar-refractivity contribution in [2.24, 2.45) is 17.8 Å². The summed E-state index contributed by atoms with van der Waals surface area (Å²) in [6, 6.07) is 0. The van der Waals surface area contributed by atoms with Crippen LogP contribution in [0.15, 0.2) is 0 Å². The molecule has 0 bridgehead atoms. The van der Waals surface area contributed by atoms with Crippen LogP contribution >= 0.6 is 0 Å². The van der Waals surface area contributed by atoms with Gasteiger partial charge < -0.3 is 0 Å². The number of carbonyl (C=O) groups is 1. The molecule has 0 rings (SSSR count). The van der Waals surface area contributed by atoms with Crippen molar-refractivity contribution in [3.8, 4) is 0 Å². The Hall–Kier alpha value is -0.330. The van der Waals surface area contributed by atoms with Gasteiger partial charge in [-0.1, -0.05) is 27.7 Å². The van der Waals surface area contributed by atoms with Crippen LogP contribution in [0.25, 0.3) is 0 Å². The molecule has 1 nitrogen and oxygen atoms in total.